The Morgan fingerprint density at radius 2 is 1.65 bits per heavy atom. The molecule has 0 radical (unpaired) electrons. The van der Waals surface area contributed by atoms with Gasteiger partial charge in [0.2, 0.25) is 0 Å². The fourth-order valence-corrected chi connectivity index (χ4v) is 6.25. The summed E-state index contributed by atoms with van der Waals surface area (Å²) in [6.07, 6.45) is 5.89. The van der Waals surface area contributed by atoms with Crippen molar-refractivity contribution in [2.45, 2.75) is 69.8 Å². The highest BCUT2D eigenvalue weighted by molar-refractivity contribution is 7.91. The molecule has 8 heteroatoms. The first-order chi connectivity index (χ1) is 12.4. The molecule has 26 heavy (non-hydrogen) atoms. The van der Waals surface area contributed by atoms with Crippen LogP contribution in [0, 0.1) is 0 Å². The molecule has 1 N–H and O–H groups in total. The van der Waals surface area contributed by atoms with Crippen LogP contribution in [0.5, 0.6) is 0 Å². The summed E-state index contributed by atoms with van der Waals surface area (Å²) in [5.41, 5.74) is 0. The van der Waals surface area contributed by atoms with E-state index in [0.717, 1.165) is 12.8 Å². The Bertz CT molecular complexity index is 580. The molecule has 3 unspecified atom stereocenters. The van der Waals surface area contributed by atoms with Crippen molar-refractivity contribution in [1.29, 1.82) is 0 Å². The number of ether oxygens (including phenoxy) is 1. The summed E-state index contributed by atoms with van der Waals surface area (Å²) in [4.78, 5) is 16.5. The molecule has 2 aliphatic heterocycles. The van der Waals surface area contributed by atoms with Gasteiger partial charge in [0.1, 0.15) is 6.10 Å². The number of hydrogen-bond acceptors (Lipinski definition) is 6. The number of carbonyl (C=O) groups excluding carboxylic acids is 1. The third-order valence-electron chi connectivity index (χ3n) is 5.94. The van der Waals surface area contributed by atoms with Crippen LogP contribution in [0.25, 0.3) is 0 Å². The van der Waals surface area contributed by atoms with E-state index in [1.807, 2.05) is 16.7 Å². The number of hydrogen-bond donors (Lipinski definition) is 1. The largest absolute Gasteiger partial charge is 0.390 e. The molecule has 3 atom stereocenters. The van der Waals surface area contributed by atoms with Crippen LogP contribution < -0.4 is 0 Å². The number of sulfone groups is 1. The van der Waals surface area contributed by atoms with Gasteiger partial charge < -0.3 is 14.7 Å². The van der Waals surface area contributed by atoms with E-state index in [1.165, 1.54) is 25.7 Å². The van der Waals surface area contributed by atoms with Gasteiger partial charge in [0.25, 0.3) is 5.91 Å². The summed E-state index contributed by atoms with van der Waals surface area (Å²) in [5.74, 6) is -0.111. The highest BCUT2D eigenvalue weighted by atomic mass is 32.2. The molecule has 7 nitrogen and oxygen atoms in total. The van der Waals surface area contributed by atoms with Crippen LogP contribution in [0.3, 0.4) is 0 Å². The van der Waals surface area contributed by atoms with Gasteiger partial charge in [-0.15, -0.1) is 0 Å². The van der Waals surface area contributed by atoms with Crippen LogP contribution >= 0.6 is 0 Å². The zero-order valence-electron chi connectivity index (χ0n) is 15.7. The number of carbonyl (C=O) groups is 1. The quantitative estimate of drug-likeness (QED) is 0.702. The molecule has 1 amide bonds. The average Bonchev–Trinajstić information content (AvgIpc) is 2.78. The predicted molar refractivity (Wildman–Crippen MR) is 98.6 cm³/mol. The minimum Gasteiger partial charge on any atom is -0.390 e. The van der Waals surface area contributed by atoms with Crippen molar-refractivity contribution in [1.82, 2.24) is 9.80 Å². The van der Waals surface area contributed by atoms with Gasteiger partial charge in [0.05, 0.1) is 29.8 Å². The van der Waals surface area contributed by atoms with Crippen LogP contribution in [0.2, 0.25) is 0 Å². The van der Waals surface area contributed by atoms with E-state index in [-0.39, 0.29) is 29.6 Å². The minimum atomic E-state index is -3.15. The molecule has 0 aromatic rings. The lowest BCUT2D eigenvalue weighted by molar-refractivity contribution is -0.149. The van der Waals surface area contributed by atoms with Gasteiger partial charge in [-0.25, -0.2) is 8.42 Å². The molecular weight excluding hydrogens is 356 g/mol. The van der Waals surface area contributed by atoms with Crippen molar-refractivity contribution in [2.24, 2.45) is 0 Å². The van der Waals surface area contributed by atoms with Gasteiger partial charge in [-0.1, -0.05) is 25.7 Å². The van der Waals surface area contributed by atoms with Gasteiger partial charge in [-0.2, -0.15) is 0 Å². The third kappa shape index (κ3) is 4.97. The fraction of sp³-hybridized carbons (Fsp3) is 0.944. The Morgan fingerprint density at radius 3 is 2.19 bits per heavy atom. The van der Waals surface area contributed by atoms with Crippen LogP contribution in [-0.4, -0.2) is 91.3 Å². The van der Waals surface area contributed by atoms with E-state index in [1.54, 1.807) is 0 Å². The first-order valence-corrected chi connectivity index (χ1v) is 11.7. The number of rotatable bonds is 4. The van der Waals surface area contributed by atoms with E-state index in [0.29, 0.717) is 26.2 Å². The zero-order valence-corrected chi connectivity index (χ0v) is 16.5. The number of aliphatic hydroxyl groups excluding tert-OH is 1. The Kier molecular flexibility index (Phi) is 6.59. The topological polar surface area (TPSA) is 87.2 Å². The van der Waals surface area contributed by atoms with Crippen LogP contribution in [0.1, 0.15) is 45.4 Å². The summed E-state index contributed by atoms with van der Waals surface area (Å²) in [7, 11) is -3.15. The monoisotopic (exact) mass is 388 g/mol. The number of aliphatic hydroxyl groups is 1. The lowest BCUT2D eigenvalue weighted by atomic mass is 10.1. The number of amides is 1. The van der Waals surface area contributed by atoms with E-state index in [2.05, 4.69) is 0 Å². The van der Waals surface area contributed by atoms with E-state index in [4.69, 9.17) is 4.74 Å². The van der Waals surface area contributed by atoms with Gasteiger partial charge in [0, 0.05) is 26.2 Å². The molecule has 1 saturated carbocycles. The van der Waals surface area contributed by atoms with Crippen LogP contribution in [-0.2, 0) is 19.4 Å². The first-order valence-electron chi connectivity index (χ1n) is 9.92. The van der Waals surface area contributed by atoms with Crippen molar-refractivity contribution in [3.05, 3.63) is 0 Å². The molecule has 3 fully saturated rings. The van der Waals surface area contributed by atoms with Crippen LogP contribution in [0.4, 0.5) is 0 Å². The summed E-state index contributed by atoms with van der Waals surface area (Å²) >= 11 is 0. The second-order valence-electron chi connectivity index (χ2n) is 7.96. The second kappa shape index (κ2) is 8.54. The lowest BCUT2D eigenvalue weighted by Crippen LogP contribution is -2.56. The molecule has 3 rings (SSSR count). The summed E-state index contributed by atoms with van der Waals surface area (Å²) < 4.78 is 29.4. The Hall–Kier alpha value is -0.700. The number of nitrogens with zero attached hydrogens (tertiary/aromatic N) is 2. The standard InChI is InChI=1S/C18H32N2O5S/c1-14(25-15-6-4-2-3-5-7-15)18(22)20-10-8-19(9-11-20)16-12-26(23,24)13-17(16)21/h14-17,21H,2-13H2,1H3. The Labute approximate surface area is 156 Å². The van der Waals surface area contributed by atoms with E-state index >= 15 is 0 Å². The molecule has 0 aromatic heterocycles. The zero-order chi connectivity index (χ0) is 18.7. The van der Waals surface area contributed by atoms with Crippen LogP contribution in [0.15, 0.2) is 0 Å². The first kappa shape index (κ1) is 20.0. The predicted octanol–water partition coefficient (Wildman–Crippen LogP) is 0.416. The smallest absolute Gasteiger partial charge is 0.251 e. The second-order valence-corrected chi connectivity index (χ2v) is 10.1. The minimum absolute atomic E-state index is 0.0172. The number of piperazine rings is 1. The Balaban J connectivity index is 1.47. The molecule has 3 aliphatic rings. The Morgan fingerprint density at radius 1 is 1.04 bits per heavy atom. The maximum atomic E-state index is 12.7. The van der Waals surface area contributed by atoms with Crippen molar-refractivity contribution < 1.29 is 23.1 Å². The highest BCUT2D eigenvalue weighted by Crippen LogP contribution is 2.23. The third-order valence-corrected chi connectivity index (χ3v) is 7.63. The van der Waals surface area contributed by atoms with Crippen molar-refractivity contribution in [3.8, 4) is 0 Å². The van der Waals surface area contributed by atoms with Gasteiger partial charge in [-0.3, -0.25) is 9.69 Å². The van der Waals surface area contributed by atoms with Gasteiger partial charge >= 0.3 is 0 Å². The molecule has 2 saturated heterocycles. The highest BCUT2D eigenvalue weighted by Gasteiger charge is 2.41. The lowest BCUT2D eigenvalue weighted by Gasteiger charge is -2.39. The maximum absolute atomic E-state index is 12.7. The molecule has 0 spiro atoms. The summed E-state index contributed by atoms with van der Waals surface area (Å²) in [6, 6.07) is -0.336. The molecular formula is C18H32N2O5S. The summed E-state index contributed by atoms with van der Waals surface area (Å²) in [5, 5.41) is 10.0. The van der Waals surface area contributed by atoms with Gasteiger partial charge in [-0.05, 0) is 19.8 Å². The normalized spacial score (nSPS) is 32.3. The molecule has 1 aliphatic carbocycles. The van der Waals surface area contributed by atoms with Crippen molar-refractivity contribution in [2.75, 3.05) is 37.7 Å². The van der Waals surface area contributed by atoms with Gasteiger partial charge in [0.15, 0.2) is 9.84 Å². The molecule has 0 aromatic carbocycles. The molecule has 0 bridgehead atoms. The SMILES string of the molecule is CC(OC1CCCCCC1)C(=O)N1CCN(C2CS(=O)(=O)CC2O)CC1. The van der Waals surface area contributed by atoms with Crippen molar-refractivity contribution in [3.63, 3.8) is 0 Å². The maximum Gasteiger partial charge on any atom is 0.251 e. The van der Waals surface area contributed by atoms with Crippen molar-refractivity contribution >= 4 is 15.7 Å². The van der Waals surface area contributed by atoms with E-state index in [9.17, 15) is 18.3 Å². The fourth-order valence-electron chi connectivity index (χ4n) is 4.42. The summed E-state index contributed by atoms with van der Waals surface area (Å²) in [6.45, 7) is 4.14. The average molecular weight is 389 g/mol. The van der Waals surface area contributed by atoms with E-state index < -0.39 is 22.0 Å². The molecule has 150 valence electrons. The molecule has 2 heterocycles.